The van der Waals surface area contributed by atoms with Crippen LogP contribution in [0.2, 0.25) is 0 Å². The zero-order chi connectivity index (χ0) is 16.8. The highest BCUT2D eigenvalue weighted by atomic mass is 35.5. The van der Waals surface area contributed by atoms with Crippen LogP contribution in [-0.2, 0) is 10.3 Å². The van der Waals surface area contributed by atoms with Crippen molar-refractivity contribution in [2.45, 2.75) is 44.1 Å². The summed E-state index contributed by atoms with van der Waals surface area (Å²) < 4.78 is 0. The molecule has 1 aromatic rings. The SMILES string of the molecule is CNCCC1CCN(CC(=O)NC2(c3ccccc3)CCC2)CC1.Cl. The van der Waals surface area contributed by atoms with Crippen LogP contribution in [0.15, 0.2) is 30.3 Å². The lowest BCUT2D eigenvalue weighted by Gasteiger charge is -2.43. The maximum absolute atomic E-state index is 12.6. The average molecular weight is 366 g/mol. The van der Waals surface area contributed by atoms with Gasteiger partial charge in [-0.2, -0.15) is 0 Å². The van der Waals surface area contributed by atoms with E-state index in [1.807, 2.05) is 13.1 Å². The zero-order valence-electron chi connectivity index (χ0n) is 15.3. The van der Waals surface area contributed by atoms with Crippen LogP contribution in [0.25, 0.3) is 0 Å². The van der Waals surface area contributed by atoms with Crippen molar-refractivity contribution in [1.82, 2.24) is 15.5 Å². The van der Waals surface area contributed by atoms with Crippen LogP contribution in [0.1, 0.15) is 44.1 Å². The standard InChI is InChI=1S/C20H31N3O.ClH/c1-21-13-8-17-9-14-23(15-10-17)16-19(24)22-20(11-5-12-20)18-6-3-2-4-7-18;/h2-4,6-7,17,21H,5,8-16H2,1H3,(H,22,24);1H. The van der Waals surface area contributed by atoms with Crippen molar-refractivity contribution in [3.05, 3.63) is 35.9 Å². The first-order chi connectivity index (χ1) is 11.7. The Morgan fingerprint density at radius 3 is 2.44 bits per heavy atom. The minimum Gasteiger partial charge on any atom is -0.345 e. The molecule has 2 fully saturated rings. The van der Waals surface area contributed by atoms with Crippen LogP contribution in [0.5, 0.6) is 0 Å². The topological polar surface area (TPSA) is 44.4 Å². The maximum Gasteiger partial charge on any atom is 0.234 e. The number of carbonyl (C=O) groups is 1. The summed E-state index contributed by atoms with van der Waals surface area (Å²) in [4.78, 5) is 14.9. The number of rotatable bonds is 7. The molecule has 0 aromatic heterocycles. The summed E-state index contributed by atoms with van der Waals surface area (Å²) in [6.07, 6.45) is 7.03. The predicted octanol–water partition coefficient (Wildman–Crippen LogP) is 2.93. The van der Waals surface area contributed by atoms with Gasteiger partial charge in [-0.25, -0.2) is 0 Å². The Morgan fingerprint density at radius 2 is 1.88 bits per heavy atom. The monoisotopic (exact) mass is 365 g/mol. The molecule has 0 unspecified atom stereocenters. The fourth-order valence-electron chi connectivity index (χ4n) is 4.06. The molecule has 1 aliphatic carbocycles. The van der Waals surface area contributed by atoms with Gasteiger partial charge in [0, 0.05) is 0 Å². The number of piperidine rings is 1. The van der Waals surface area contributed by atoms with Gasteiger partial charge in [0.2, 0.25) is 5.91 Å². The Labute approximate surface area is 158 Å². The third kappa shape index (κ3) is 5.19. The van der Waals surface area contributed by atoms with Crippen LogP contribution in [-0.4, -0.2) is 44.0 Å². The molecule has 0 spiro atoms. The number of nitrogens with zero attached hydrogens (tertiary/aromatic N) is 1. The molecule has 1 amide bonds. The van der Waals surface area contributed by atoms with Gasteiger partial charge in [0.1, 0.15) is 0 Å². The number of hydrogen-bond acceptors (Lipinski definition) is 3. The number of amides is 1. The summed E-state index contributed by atoms with van der Waals surface area (Å²) in [7, 11) is 2.02. The first kappa shape index (κ1) is 20.2. The number of halogens is 1. The number of nitrogens with one attached hydrogen (secondary N) is 2. The lowest BCUT2D eigenvalue weighted by molar-refractivity contribution is -0.125. The minimum atomic E-state index is -0.108. The van der Waals surface area contributed by atoms with Gasteiger partial charge in [0.25, 0.3) is 0 Å². The van der Waals surface area contributed by atoms with Crippen LogP contribution < -0.4 is 10.6 Å². The van der Waals surface area contributed by atoms with E-state index in [9.17, 15) is 4.79 Å². The first-order valence-electron chi connectivity index (χ1n) is 9.45. The summed E-state index contributed by atoms with van der Waals surface area (Å²) in [5.74, 6) is 1.01. The van der Waals surface area contributed by atoms with E-state index in [2.05, 4.69) is 39.8 Å². The summed E-state index contributed by atoms with van der Waals surface area (Å²) >= 11 is 0. The summed E-state index contributed by atoms with van der Waals surface area (Å²) in [6, 6.07) is 10.5. The Kier molecular flexibility index (Phi) is 7.73. The molecule has 5 heteroatoms. The predicted molar refractivity (Wildman–Crippen MR) is 105 cm³/mol. The third-order valence-corrected chi connectivity index (χ3v) is 5.79. The maximum atomic E-state index is 12.6. The Hall–Kier alpha value is -1.10. The molecular formula is C20H32ClN3O. The smallest absolute Gasteiger partial charge is 0.234 e. The highest BCUT2D eigenvalue weighted by molar-refractivity contribution is 5.85. The van der Waals surface area contributed by atoms with Crippen molar-refractivity contribution >= 4 is 18.3 Å². The van der Waals surface area contributed by atoms with Gasteiger partial charge in [-0.1, -0.05) is 30.3 Å². The molecule has 1 heterocycles. The lowest BCUT2D eigenvalue weighted by Crippen LogP contribution is -2.53. The van der Waals surface area contributed by atoms with Crippen LogP contribution in [0.4, 0.5) is 0 Å². The van der Waals surface area contributed by atoms with E-state index in [1.54, 1.807) is 0 Å². The van der Waals surface area contributed by atoms with E-state index >= 15 is 0 Å². The second-order valence-electron chi connectivity index (χ2n) is 7.46. The van der Waals surface area contributed by atoms with E-state index < -0.39 is 0 Å². The number of carbonyl (C=O) groups excluding carboxylic acids is 1. The zero-order valence-corrected chi connectivity index (χ0v) is 16.1. The average Bonchev–Trinajstić information content (AvgIpc) is 2.58. The van der Waals surface area contributed by atoms with Gasteiger partial charge >= 0.3 is 0 Å². The molecule has 140 valence electrons. The van der Waals surface area contributed by atoms with Gasteiger partial charge in [0.05, 0.1) is 12.1 Å². The molecule has 0 atom stereocenters. The van der Waals surface area contributed by atoms with Gasteiger partial charge in [-0.3, -0.25) is 9.69 Å². The summed E-state index contributed by atoms with van der Waals surface area (Å²) in [5.41, 5.74) is 1.15. The van der Waals surface area contributed by atoms with Crippen LogP contribution in [0, 0.1) is 5.92 Å². The Morgan fingerprint density at radius 1 is 1.20 bits per heavy atom. The first-order valence-corrected chi connectivity index (χ1v) is 9.45. The number of hydrogen-bond donors (Lipinski definition) is 2. The summed E-state index contributed by atoms with van der Waals surface area (Å²) in [5, 5.41) is 6.58. The molecule has 1 aliphatic heterocycles. The molecule has 1 aromatic carbocycles. The Bertz CT molecular complexity index is 525. The largest absolute Gasteiger partial charge is 0.345 e. The number of benzene rings is 1. The molecule has 2 N–H and O–H groups in total. The van der Waals surface area contributed by atoms with Crippen LogP contribution in [0.3, 0.4) is 0 Å². The molecule has 0 bridgehead atoms. The normalized spacial score (nSPS) is 20.4. The van der Waals surface area contributed by atoms with Gasteiger partial charge < -0.3 is 10.6 Å². The van der Waals surface area contributed by atoms with Crippen LogP contribution >= 0.6 is 12.4 Å². The van der Waals surface area contributed by atoms with Gasteiger partial charge in [-0.05, 0) is 76.7 Å². The van der Waals surface area contributed by atoms with Gasteiger partial charge in [0.15, 0.2) is 0 Å². The van der Waals surface area contributed by atoms with Crippen molar-refractivity contribution < 1.29 is 4.79 Å². The van der Waals surface area contributed by atoms with Crippen molar-refractivity contribution in [1.29, 1.82) is 0 Å². The molecule has 2 aliphatic rings. The van der Waals surface area contributed by atoms with Gasteiger partial charge in [-0.15, -0.1) is 12.4 Å². The fraction of sp³-hybridized carbons (Fsp3) is 0.650. The van der Waals surface area contributed by atoms with E-state index in [0.717, 1.165) is 38.4 Å². The second-order valence-corrected chi connectivity index (χ2v) is 7.46. The minimum absolute atomic E-state index is 0. The fourth-order valence-corrected chi connectivity index (χ4v) is 4.06. The molecule has 0 radical (unpaired) electrons. The van der Waals surface area contributed by atoms with Crippen molar-refractivity contribution in [3.8, 4) is 0 Å². The molecular weight excluding hydrogens is 334 g/mol. The van der Waals surface area contributed by atoms with Crippen molar-refractivity contribution in [3.63, 3.8) is 0 Å². The quantitative estimate of drug-likeness (QED) is 0.780. The Balaban J connectivity index is 0.00000225. The second kappa shape index (κ2) is 9.56. The molecule has 3 rings (SSSR count). The highest BCUT2D eigenvalue weighted by Crippen LogP contribution is 2.41. The molecule has 1 saturated carbocycles. The van der Waals surface area contributed by atoms with E-state index in [1.165, 1.54) is 31.2 Å². The highest BCUT2D eigenvalue weighted by Gasteiger charge is 2.40. The third-order valence-electron chi connectivity index (χ3n) is 5.79. The van der Waals surface area contributed by atoms with Crippen molar-refractivity contribution in [2.24, 2.45) is 5.92 Å². The van der Waals surface area contributed by atoms with E-state index in [-0.39, 0.29) is 23.9 Å². The summed E-state index contributed by atoms with van der Waals surface area (Å²) in [6.45, 7) is 3.76. The number of likely N-dealkylation sites (tertiary alicyclic amines) is 1. The van der Waals surface area contributed by atoms with E-state index in [4.69, 9.17) is 0 Å². The molecule has 1 saturated heterocycles. The van der Waals surface area contributed by atoms with Crippen molar-refractivity contribution in [2.75, 3.05) is 33.2 Å². The molecule has 25 heavy (non-hydrogen) atoms. The lowest BCUT2D eigenvalue weighted by atomic mass is 9.72. The van der Waals surface area contributed by atoms with E-state index in [0.29, 0.717) is 6.54 Å². The molecule has 4 nitrogen and oxygen atoms in total.